The van der Waals surface area contributed by atoms with E-state index in [9.17, 15) is 4.79 Å². The average Bonchev–Trinajstić information content (AvgIpc) is 2.45. The van der Waals surface area contributed by atoms with E-state index in [1.807, 2.05) is 37.8 Å². The highest BCUT2D eigenvalue weighted by Gasteiger charge is 2.29. The normalized spacial score (nSPS) is 12.6. The maximum atomic E-state index is 12.2. The quantitative estimate of drug-likeness (QED) is 0.543. The average molecular weight is 326 g/mol. The van der Waals surface area contributed by atoms with Crippen molar-refractivity contribution < 1.29 is 23.4 Å². The van der Waals surface area contributed by atoms with Crippen molar-refractivity contribution in [3.63, 3.8) is 0 Å². The third-order valence-corrected chi connectivity index (χ3v) is 3.93. The molecule has 1 aromatic rings. The Bertz CT molecular complexity index is 496. The second kappa shape index (κ2) is 8.19. The fourth-order valence-corrected chi connectivity index (χ4v) is 3.18. The van der Waals surface area contributed by atoms with Gasteiger partial charge in [0.05, 0.1) is 20.8 Å². The highest BCUT2D eigenvalue weighted by Crippen LogP contribution is 2.32. The maximum absolute atomic E-state index is 12.2. The van der Waals surface area contributed by atoms with Crippen LogP contribution >= 0.6 is 0 Å². The lowest BCUT2D eigenvalue weighted by Gasteiger charge is -2.25. The third kappa shape index (κ3) is 5.34. The van der Waals surface area contributed by atoms with Gasteiger partial charge < -0.3 is 18.6 Å². The van der Waals surface area contributed by atoms with Crippen molar-refractivity contribution in [2.24, 2.45) is 0 Å². The molecule has 1 aromatic carbocycles. The summed E-state index contributed by atoms with van der Waals surface area (Å²) < 4.78 is 21.8. The summed E-state index contributed by atoms with van der Waals surface area (Å²) in [5, 5.41) is 0. The Labute approximate surface area is 133 Å². The fraction of sp³-hybridized carbons (Fsp3) is 0.562. The Morgan fingerprint density at radius 1 is 1.18 bits per heavy atom. The minimum Gasteiger partial charge on any atom is -0.493 e. The molecule has 0 radical (unpaired) electrons. The van der Waals surface area contributed by atoms with E-state index in [4.69, 9.17) is 18.6 Å². The number of rotatable bonds is 8. The summed E-state index contributed by atoms with van der Waals surface area (Å²) >= 11 is 0. The summed E-state index contributed by atoms with van der Waals surface area (Å²) in [4.78, 5) is 12.2. The van der Waals surface area contributed by atoms with E-state index < -0.39 is 14.4 Å². The molecule has 0 aromatic heterocycles. The summed E-state index contributed by atoms with van der Waals surface area (Å²) in [6.45, 7) is 8.25. The van der Waals surface area contributed by atoms with Crippen molar-refractivity contribution in [1.82, 2.24) is 0 Å². The molecule has 0 aliphatic rings. The number of ether oxygens (including phenoxy) is 3. The standard InChI is InChI=1S/C16H26O5Si/c1-7-20-16(17)14(21-22(4,5)6)11-12-9-8-10-13(18-2)15(12)19-3/h8-10,14H,7,11H2,1-6H3. The van der Waals surface area contributed by atoms with Crippen LogP contribution in [0.25, 0.3) is 0 Å². The SMILES string of the molecule is CCOC(=O)C(Cc1cccc(OC)c1OC)O[Si](C)(C)C. The maximum Gasteiger partial charge on any atom is 0.334 e. The first-order chi connectivity index (χ1) is 10.3. The van der Waals surface area contributed by atoms with E-state index in [0.717, 1.165) is 5.56 Å². The largest absolute Gasteiger partial charge is 0.493 e. The van der Waals surface area contributed by atoms with Crippen LogP contribution in [0.1, 0.15) is 12.5 Å². The first-order valence-corrected chi connectivity index (χ1v) is 10.8. The summed E-state index contributed by atoms with van der Waals surface area (Å²) in [6, 6.07) is 5.59. The molecule has 0 saturated heterocycles. The van der Waals surface area contributed by atoms with Crippen LogP contribution in [-0.4, -0.2) is 41.2 Å². The molecule has 1 atom stereocenters. The van der Waals surface area contributed by atoms with Gasteiger partial charge in [0.1, 0.15) is 6.10 Å². The summed E-state index contributed by atoms with van der Waals surface area (Å²) in [7, 11) is 1.28. The molecule has 5 nitrogen and oxygen atoms in total. The number of benzene rings is 1. The molecule has 0 N–H and O–H groups in total. The van der Waals surface area contributed by atoms with Gasteiger partial charge in [0.2, 0.25) is 0 Å². The van der Waals surface area contributed by atoms with Crippen LogP contribution in [0.4, 0.5) is 0 Å². The Hall–Kier alpha value is -1.53. The van der Waals surface area contributed by atoms with E-state index in [0.29, 0.717) is 24.5 Å². The predicted octanol–water partition coefficient (Wildman–Crippen LogP) is 3.03. The van der Waals surface area contributed by atoms with Crippen LogP contribution in [0.5, 0.6) is 11.5 Å². The van der Waals surface area contributed by atoms with Crippen molar-refractivity contribution in [2.45, 2.75) is 39.1 Å². The Balaban J connectivity index is 3.05. The van der Waals surface area contributed by atoms with Gasteiger partial charge in [-0.15, -0.1) is 0 Å². The van der Waals surface area contributed by atoms with Gasteiger partial charge in [0.25, 0.3) is 0 Å². The lowest BCUT2D eigenvalue weighted by Crippen LogP contribution is -2.39. The van der Waals surface area contributed by atoms with Gasteiger partial charge >= 0.3 is 5.97 Å². The Kier molecular flexibility index (Phi) is 6.89. The van der Waals surface area contributed by atoms with Crippen molar-refractivity contribution in [3.05, 3.63) is 23.8 Å². The van der Waals surface area contributed by atoms with Crippen molar-refractivity contribution in [1.29, 1.82) is 0 Å². The number of para-hydroxylation sites is 1. The molecule has 0 aliphatic heterocycles. The van der Waals surface area contributed by atoms with Crippen LogP contribution in [-0.2, 0) is 20.4 Å². The van der Waals surface area contributed by atoms with Crippen LogP contribution in [0.3, 0.4) is 0 Å². The molecule has 124 valence electrons. The molecule has 0 spiro atoms. The fourth-order valence-electron chi connectivity index (χ4n) is 2.15. The summed E-state index contributed by atoms with van der Waals surface area (Å²) in [5.74, 6) is 0.920. The Morgan fingerprint density at radius 3 is 2.36 bits per heavy atom. The van der Waals surface area contributed by atoms with Gasteiger partial charge in [-0.3, -0.25) is 0 Å². The van der Waals surface area contributed by atoms with Gasteiger partial charge in [0, 0.05) is 12.0 Å². The topological polar surface area (TPSA) is 54.0 Å². The van der Waals surface area contributed by atoms with Crippen LogP contribution in [0.15, 0.2) is 18.2 Å². The Morgan fingerprint density at radius 2 is 1.86 bits per heavy atom. The van der Waals surface area contributed by atoms with Gasteiger partial charge in [-0.1, -0.05) is 12.1 Å². The zero-order valence-electron chi connectivity index (χ0n) is 14.3. The molecule has 22 heavy (non-hydrogen) atoms. The smallest absolute Gasteiger partial charge is 0.334 e. The third-order valence-electron chi connectivity index (χ3n) is 2.94. The van der Waals surface area contributed by atoms with Crippen LogP contribution in [0, 0.1) is 0 Å². The highest BCUT2D eigenvalue weighted by molar-refractivity contribution is 6.69. The van der Waals surface area contributed by atoms with Crippen molar-refractivity contribution in [2.75, 3.05) is 20.8 Å². The van der Waals surface area contributed by atoms with E-state index in [1.54, 1.807) is 21.1 Å². The van der Waals surface area contributed by atoms with Crippen LogP contribution in [0.2, 0.25) is 19.6 Å². The second-order valence-electron chi connectivity index (χ2n) is 5.83. The van der Waals surface area contributed by atoms with Crippen molar-refractivity contribution in [3.8, 4) is 11.5 Å². The van der Waals surface area contributed by atoms with E-state index in [2.05, 4.69) is 0 Å². The molecule has 0 fully saturated rings. The predicted molar refractivity (Wildman–Crippen MR) is 88.1 cm³/mol. The van der Waals surface area contributed by atoms with Crippen molar-refractivity contribution >= 4 is 14.3 Å². The summed E-state index contributed by atoms with van der Waals surface area (Å²) in [5.41, 5.74) is 0.859. The first-order valence-electron chi connectivity index (χ1n) is 7.36. The number of carbonyl (C=O) groups is 1. The number of esters is 1. The zero-order valence-corrected chi connectivity index (χ0v) is 15.3. The van der Waals surface area contributed by atoms with Crippen LogP contribution < -0.4 is 9.47 Å². The second-order valence-corrected chi connectivity index (χ2v) is 10.3. The molecule has 0 bridgehead atoms. The van der Waals surface area contributed by atoms with Gasteiger partial charge in [-0.25, -0.2) is 4.79 Å². The summed E-state index contributed by atoms with van der Waals surface area (Å²) in [6.07, 6.45) is -0.239. The number of hydrogen-bond donors (Lipinski definition) is 0. The number of carbonyl (C=O) groups excluding carboxylic acids is 1. The monoisotopic (exact) mass is 326 g/mol. The minimum atomic E-state index is -1.89. The van der Waals surface area contributed by atoms with Gasteiger partial charge in [-0.2, -0.15) is 0 Å². The molecule has 1 rings (SSSR count). The molecule has 0 aliphatic carbocycles. The number of hydrogen-bond acceptors (Lipinski definition) is 5. The first kappa shape index (κ1) is 18.5. The minimum absolute atomic E-state index is 0.333. The molecular formula is C16H26O5Si. The number of methoxy groups -OCH3 is 2. The van der Waals surface area contributed by atoms with Gasteiger partial charge in [-0.05, 0) is 32.6 Å². The molecule has 0 amide bonds. The molecule has 0 saturated carbocycles. The van der Waals surface area contributed by atoms with E-state index in [-0.39, 0.29) is 5.97 Å². The van der Waals surface area contributed by atoms with E-state index in [1.165, 1.54) is 0 Å². The molecule has 6 heteroatoms. The molecular weight excluding hydrogens is 300 g/mol. The van der Waals surface area contributed by atoms with Gasteiger partial charge in [0.15, 0.2) is 19.8 Å². The molecule has 1 unspecified atom stereocenters. The highest BCUT2D eigenvalue weighted by atomic mass is 28.4. The molecule has 0 heterocycles. The lowest BCUT2D eigenvalue weighted by atomic mass is 10.1. The zero-order chi connectivity index (χ0) is 16.8. The lowest BCUT2D eigenvalue weighted by molar-refractivity contribution is -0.151. The van der Waals surface area contributed by atoms with E-state index >= 15 is 0 Å².